The van der Waals surface area contributed by atoms with Crippen molar-refractivity contribution < 1.29 is 8.42 Å². The van der Waals surface area contributed by atoms with Gasteiger partial charge in [0.05, 0.1) is 11.5 Å². The topological polar surface area (TPSA) is 63.4 Å². The van der Waals surface area contributed by atoms with Gasteiger partial charge in [0, 0.05) is 18.1 Å². The van der Waals surface area contributed by atoms with Crippen LogP contribution in [-0.4, -0.2) is 50.0 Å². The summed E-state index contributed by atoms with van der Waals surface area (Å²) in [6.45, 7) is 4.92. The van der Waals surface area contributed by atoms with E-state index >= 15 is 0 Å². The molecule has 0 amide bonds. The van der Waals surface area contributed by atoms with Gasteiger partial charge in [0.2, 0.25) is 0 Å². The normalized spacial score (nSPS) is 24.8. The highest BCUT2D eigenvalue weighted by molar-refractivity contribution is 7.91. The number of sulfone groups is 1. The van der Waals surface area contributed by atoms with E-state index in [1.165, 1.54) is 0 Å². The maximum atomic E-state index is 11.5. The van der Waals surface area contributed by atoms with Gasteiger partial charge >= 0.3 is 0 Å². The summed E-state index contributed by atoms with van der Waals surface area (Å²) in [7, 11) is -0.729. The maximum Gasteiger partial charge on any atom is 0.150 e. The number of hydrogen-bond acceptors (Lipinski definition) is 4. The number of hydrogen-bond donors (Lipinski definition) is 1. The summed E-state index contributed by atoms with van der Waals surface area (Å²) in [5.74, 6) is 0.570. The van der Waals surface area contributed by atoms with Crippen molar-refractivity contribution in [3.63, 3.8) is 0 Å². The first-order valence-electron chi connectivity index (χ1n) is 6.50. The molecule has 4 nitrogen and oxygen atoms in total. The summed E-state index contributed by atoms with van der Waals surface area (Å²) < 4.78 is 23.0. The van der Waals surface area contributed by atoms with Gasteiger partial charge in [-0.05, 0) is 33.2 Å². The van der Waals surface area contributed by atoms with Gasteiger partial charge in [-0.1, -0.05) is 13.3 Å². The smallest absolute Gasteiger partial charge is 0.150 e. The van der Waals surface area contributed by atoms with Crippen LogP contribution in [0.25, 0.3) is 0 Å². The van der Waals surface area contributed by atoms with Crippen LogP contribution in [0.15, 0.2) is 0 Å². The van der Waals surface area contributed by atoms with Crippen LogP contribution in [0.2, 0.25) is 0 Å². The lowest BCUT2D eigenvalue weighted by Gasteiger charge is -2.46. The van der Waals surface area contributed by atoms with Gasteiger partial charge in [-0.25, -0.2) is 8.42 Å². The van der Waals surface area contributed by atoms with Gasteiger partial charge in [0.1, 0.15) is 9.84 Å². The van der Waals surface area contributed by atoms with Gasteiger partial charge < -0.3 is 5.73 Å². The van der Waals surface area contributed by atoms with Crippen molar-refractivity contribution in [2.45, 2.75) is 51.1 Å². The van der Waals surface area contributed by atoms with Crippen molar-refractivity contribution >= 4 is 9.84 Å². The molecule has 2 N–H and O–H groups in total. The molecule has 17 heavy (non-hydrogen) atoms. The van der Waals surface area contributed by atoms with Gasteiger partial charge in [0.15, 0.2) is 0 Å². The third-order valence-electron chi connectivity index (χ3n) is 4.25. The molecule has 1 rings (SSSR count). The Bertz CT molecular complexity index is 326. The minimum atomic E-state index is -2.82. The summed E-state index contributed by atoms with van der Waals surface area (Å²) in [5.41, 5.74) is 5.81. The van der Waals surface area contributed by atoms with Crippen molar-refractivity contribution in [3.8, 4) is 0 Å². The van der Waals surface area contributed by atoms with Gasteiger partial charge in [0.25, 0.3) is 0 Å². The van der Waals surface area contributed by atoms with Crippen molar-refractivity contribution in [3.05, 3.63) is 0 Å². The van der Waals surface area contributed by atoms with Crippen LogP contribution >= 0.6 is 0 Å². The van der Waals surface area contributed by atoms with E-state index in [1.807, 2.05) is 0 Å². The van der Waals surface area contributed by atoms with Crippen LogP contribution in [0.4, 0.5) is 0 Å². The van der Waals surface area contributed by atoms with E-state index in [-0.39, 0.29) is 17.0 Å². The third-order valence-corrected chi connectivity index (χ3v) is 5.90. The molecule has 1 unspecified atom stereocenters. The Balaban J connectivity index is 2.76. The first-order valence-corrected chi connectivity index (χ1v) is 8.32. The van der Waals surface area contributed by atoms with E-state index in [1.54, 1.807) is 0 Å². The molecular weight excluding hydrogens is 236 g/mol. The Kier molecular flexibility index (Phi) is 4.98. The SMILES string of the molecule is CCCC(C)N(C)C1(CN)CCS(=O)(=O)CC1. The van der Waals surface area contributed by atoms with E-state index in [0.29, 0.717) is 25.4 Å². The molecule has 0 aromatic carbocycles. The predicted octanol–water partition coefficient (Wildman–Crippen LogP) is 1.01. The van der Waals surface area contributed by atoms with Crippen LogP contribution in [0.3, 0.4) is 0 Å². The third kappa shape index (κ3) is 3.42. The first kappa shape index (κ1) is 14.9. The monoisotopic (exact) mass is 262 g/mol. The quantitative estimate of drug-likeness (QED) is 0.803. The predicted molar refractivity (Wildman–Crippen MR) is 71.8 cm³/mol. The highest BCUT2D eigenvalue weighted by atomic mass is 32.2. The van der Waals surface area contributed by atoms with Crippen molar-refractivity contribution in [2.75, 3.05) is 25.1 Å². The number of rotatable bonds is 5. The molecular formula is C12H26N2O2S. The molecule has 0 saturated carbocycles. The zero-order chi connectivity index (χ0) is 13.1. The standard InChI is InChI=1S/C12H26N2O2S/c1-4-5-11(2)14(3)12(10-13)6-8-17(15,16)9-7-12/h11H,4-10,13H2,1-3H3. The molecule has 0 aliphatic carbocycles. The fourth-order valence-corrected chi connectivity index (χ4v) is 4.28. The minimum absolute atomic E-state index is 0.111. The largest absolute Gasteiger partial charge is 0.329 e. The fourth-order valence-electron chi connectivity index (χ4n) is 2.70. The fraction of sp³-hybridized carbons (Fsp3) is 1.00. The summed E-state index contributed by atoms with van der Waals surface area (Å²) in [6, 6.07) is 0.462. The zero-order valence-corrected chi connectivity index (χ0v) is 12.1. The molecule has 1 aliphatic rings. The Morgan fingerprint density at radius 1 is 1.35 bits per heavy atom. The maximum absolute atomic E-state index is 11.5. The summed E-state index contributed by atoms with van der Waals surface area (Å²) >= 11 is 0. The Hall–Kier alpha value is -0.130. The van der Waals surface area contributed by atoms with E-state index < -0.39 is 9.84 Å². The Morgan fingerprint density at radius 3 is 2.29 bits per heavy atom. The summed E-state index contributed by atoms with van der Waals surface area (Å²) in [6.07, 6.45) is 3.63. The Morgan fingerprint density at radius 2 is 1.88 bits per heavy atom. The Labute approximate surface area is 105 Å². The number of nitrogens with two attached hydrogens (primary N) is 1. The molecule has 1 fully saturated rings. The highest BCUT2D eigenvalue weighted by Crippen LogP contribution is 2.30. The second-order valence-corrected chi connectivity index (χ2v) is 7.63. The average molecular weight is 262 g/mol. The molecule has 5 heteroatoms. The van der Waals surface area contributed by atoms with Crippen molar-refractivity contribution in [1.82, 2.24) is 4.90 Å². The van der Waals surface area contributed by atoms with Gasteiger partial charge in [-0.15, -0.1) is 0 Å². The molecule has 0 spiro atoms. The molecule has 0 aromatic heterocycles. The molecule has 0 aromatic rings. The molecule has 1 heterocycles. The lowest BCUT2D eigenvalue weighted by atomic mass is 9.88. The van der Waals surface area contributed by atoms with Crippen molar-refractivity contribution in [2.24, 2.45) is 5.73 Å². The van der Waals surface area contributed by atoms with Crippen LogP contribution < -0.4 is 5.73 Å². The second kappa shape index (κ2) is 5.67. The highest BCUT2D eigenvalue weighted by Gasteiger charge is 2.40. The average Bonchev–Trinajstić information content (AvgIpc) is 2.29. The van der Waals surface area contributed by atoms with Gasteiger partial charge in [-0.3, -0.25) is 4.90 Å². The number of likely N-dealkylation sites (N-methyl/N-ethyl adjacent to an activating group) is 1. The lowest BCUT2D eigenvalue weighted by molar-refractivity contribution is 0.0702. The molecule has 0 radical (unpaired) electrons. The van der Waals surface area contributed by atoms with Crippen molar-refractivity contribution in [1.29, 1.82) is 0 Å². The first-order chi connectivity index (χ1) is 7.87. The van der Waals surface area contributed by atoms with E-state index in [0.717, 1.165) is 12.8 Å². The minimum Gasteiger partial charge on any atom is -0.329 e. The molecule has 1 atom stereocenters. The van der Waals surface area contributed by atoms with Crippen LogP contribution in [-0.2, 0) is 9.84 Å². The van der Waals surface area contributed by atoms with E-state index in [9.17, 15) is 8.42 Å². The molecule has 1 aliphatic heterocycles. The summed E-state index contributed by atoms with van der Waals surface area (Å²) in [4.78, 5) is 2.31. The zero-order valence-electron chi connectivity index (χ0n) is 11.3. The lowest BCUT2D eigenvalue weighted by Crippen LogP contribution is -2.58. The van der Waals surface area contributed by atoms with Crippen LogP contribution in [0.1, 0.15) is 39.5 Å². The van der Waals surface area contributed by atoms with E-state index in [4.69, 9.17) is 5.73 Å². The molecule has 0 bridgehead atoms. The molecule has 1 saturated heterocycles. The summed E-state index contributed by atoms with van der Waals surface area (Å²) in [5, 5.41) is 0. The molecule has 102 valence electrons. The number of nitrogens with zero attached hydrogens (tertiary/aromatic N) is 1. The van der Waals surface area contributed by atoms with Gasteiger partial charge in [-0.2, -0.15) is 0 Å². The van der Waals surface area contributed by atoms with Crippen LogP contribution in [0, 0.1) is 0 Å². The van der Waals surface area contributed by atoms with E-state index in [2.05, 4.69) is 25.8 Å². The second-order valence-electron chi connectivity index (χ2n) is 5.33. The van der Waals surface area contributed by atoms with Crippen LogP contribution in [0.5, 0.6) is 0 Å².